The average molecular weight is 743 g/mol. The summed E-state index contributed by atoms with van der Waals surface area (Å²) in [7, 11) is 2.23. The van der Waals surface area contributed by atoms with Gasteiger partial charge in [0.2, 0.25) is 5.69 Å². The molecule has 2 nitrogen and oxygen atoms in total. The highest BCUT2D eigenvalue weighted by atomic mass is 35.5. The maximum Gasteiger partial charge on any atom is 0.210 e. The minimum atomic E-state index is -0.0794. The van der Waals surface area contributed by atoms with Gasteiger partial charge in [0, 0.05) is 47.4 Å². The third-order valence-electron chi connectivity index (χ3n) is 11.2. The first-order valence-electron chi connectivity index (χ1n) is 20.4. The van der Waals surface area contributed by atoms with Crippen molar-refractivity contribution in [1.29, 1.82) is 0 Å². The van der Waals surface area contributed by atoms with Crippen LogP contribution in [-0.2, 0) is 10.8 Å². The zero-order valence-electron chi connectivity index (χ0n) is 35.0. The largest absolute Gasteiger partial charge is 0.344 e. The second-order valence-corrected chi connectivity index (χ2v) is 15.0. The summed E-state index contributed by atoms with van der Waals surface area (Å²) in [5, 5.41) is 5.38. The number of rotatable bonds is 9. The quantitative estimate of drug-likeness (QED) is 0.0716. The lowest BCUT2D eigenvalue weighted by Crippen LogP contribution is -2.27. The van der Waals surface area contributed by atoms with Gasteiger partial charge >= 0.3 is 0 Å². The van der Waals surface area contributed by atoms with Gasteiger partial charge in [-0.15, -0.1) is 18.2 Å². The summed E-state index contributed by atoms with van der Waals surface area (Å²) in [6, 6.07) is 26.9. The van der Waals surface area contributed by atoms with Crippen LogP contribution in [0.3, 0.4) is 0 Å². The molecule has 0 radical (unpaired) electrons. The highest BCUT2D eigenvalue weighted by Gasteiger charge is 2.44. The molecule has 4 aromatic rings. The van der Waals surface area contributed by atoms with Gasteiger partial charge in [0.15, 0.2) is 5.71 Å². The van der Waals surface area contributed by atoms with Crippen molar-refractivity contribution in [3.63, 3.8) is 0 Å². The van der Waals surface area contributed by atoms with E-state index in [1.165, 1.54) is 98.7 Å². The van der Waals surface area contributed by atoms with E-state index in [9.17, 15) is 0 Å². The third kappa shape index (κ3) is 8.55. The first-order chi connectivity index (χ1) is 26.2. The predicted molar refractivity (Wildman–Crippen MR) is 243 cm³/mol. The van der Waals surface area contributed by atoms with Crippen molar-refractivity contribution in [2.75, 3.05) is 24.9 Å². The molecule has 0 atom stereocenters. The number of halogens is 1. The minimum absolute atomic E-state index is 0.0673. The van der Waals surface area contributed by atoms with Gasteiger partial charge in [0.25, 0.3) is 0 Å². The Labute approximate surface area is 333 Å². The Kier molecular flexibility index (Phi) is 15.3. The normalized spacial score (nSPS) is 18.1. The molecular formula is C51H66ClN2+. The smallest absolute Gasteiger partial charge is 0.210 e. The molecule has 0 unspecified atom stereocenters. The lowest BCUT2D eigenvalue weighted by atomic mass is 9.79. The number of fused-ring (bicyclic) bond motifs is 6. The summed E-state index contributed by atoms with van der Waals surface area (Å²) >= 11 is 4.64. The molecule has 7 rings (SSSR count). The Hall–Kier alpha value is -4.14. The molecule has 3 heteroatoms. The standard InChI is InChI=1S/C46H51N2.2C2H6.CH3Cl/c1-7-8-9-10-15-31-48-40-28-26-36-20-12-14-22-38(36)44(40)46(4,5)42(48)30-24-34-18-16-17-33(32-34)23-29-41-45(2,3)43-37-21-13-11-19-35(37)25-27-39(43)47(41)6;3*1-2/h7,11-14,19-30,32H,1,8-10,15-18,31H2,2-6H3;2*1-2H3;1H3/q+1;;;. The van der Waals surface area contributed by atoms with Crippen molar-refractivity contribution in [3.05, 3.63) is 144 Å². The van der Waals surface area contributed by atoms with Crippen LogP contribution >= 0.6 is 11.6 Å². The van der Waals surface area contributed by atoms with Gasteiger partial charge in [-0.1, -0.05) is 127 Å². The fourth-order valence-corrected chi connectivity index (χ4v) is 8.72. The SMILES string of the molecule is C=CCCCCCN1/C(=C/C=C2C=C(/C=C/C3=[N+](C)c4ccc5ccccc5c4C3(C)C)CCC/2)C(C)(C)c2c1ccc1ccccc21.CC.CC.CCl. The minimum Gasteiger partial charge on any atom is -0.344 e. The molecule has 2 heterocycles. The average Bonchev–Trinajstić information content (AvgIpc) is 3.55. The van der Waals surface area contributed by atoms with E-state index in [0.717, 1.165) is 25.8 Å². The highest BCUT2D eigenvalue weighted by Crippen LogP contribution is 2.51. The Bertz CT molecular complexity index is 2070. The van der Waals surface area contributed by atoms with Crippen molar-refractivity contribution < 1.29 is 4.58 Å². The fourth-order valence-electron chi connectivity index (χ4n) is 8.72. The summed E-state index contributed by atoms with van der Waals surface area (Å²) in [5.74, 6) is 0. The van der Waals surface area contributed by atoms with Gasteiger partial charge in [-0.3, -0.25) is 0 Å². The molecule has 3 aliphatic rings. The van der Waals surface area contributed by atoms with Crippen molar-refractivity contribution in [3.8, 4) is 0 Å². The van der Waals surface area contributed by atoms with Crippen LogP contribution in [0.5, 0.6) is 0 Å². The van der Waals surface area contributed by atoms with E-state index in [4.69, 9.17) is 0 Å². The van der Waals surface area contributed by atoms with E-state index < -0.39 is 0 Å². The second-order valence-electron chi connectivity index (χ2n) is 15.0. The molecule has 0 saturated heterocycles. The maximum atomic E-state index is 4.64. The van der Waals surface area contributed by atoms with Crippen molar-refractivity contribution in [2.24, 2.45) is 0 Å². The fraction of sp³-hybridized carbons (Fsp3) is 0.392. The number of nitrogens with zero attached hydrogens (tertiary/aromatic N) is 2. The van der Waals surface area contributed by atoms with E-state index in [2.05, 4.69) is 166 Å². The number of unbranched alkanes of at least 4 members (excludes halogenated alkanes) is 3. The zero-order chi connectivity index (χ0) is 39.5. The van der Waals surface area contributed by atoms with Gasteiger partial charge in [-0.05, 0) is 109 Å². The molecule has 0 aromatic heterocycles. The summed E-state index contributed by atoms with van der Waals surface area (Å²) in [6.07, 6.45) is 23.8. The molecule has 54 heavy (non-hydrogen) atoms. The Balaban J connectivity index is 0.00000103. The van der Waals surface area contributed by atoms with Crippen LogP contribution in [0.15, 0.2) is 133 Å². The van der Waals surface area contributed by atoms with Crippen molar-refractivity contribution in [1.82, 2.24) is 0 Å². The first-order valence-corrected chi connectivity index (χ1v) is 21.2. The predicted octanol–water partition coefficient (Wildman–Crippen LogP) is 14.9. The molecule has 4 aromatic carbocycles. The van der Waals surface area contributed by atoms with Crippen LogP contribution in [0, 0.1) is 0 Å². The summed E-state index contributed by atoms with van der Waals surface area (Å²) in [6.45, 7) is 22.6. The van der Waals surface area contributed by atoms with E-state index >= 15 is 0 Å². The van der Waals surface area contributed by atoms with E-state index in [-0.39, 0.29) is 10.8 Å². The zero-order valence-corrected chi connectivity index (χ0v) is 35.8. The van der Waals surface area contributed by atoms with Crippen LogP contribution in [0.2, 0.25) is 0 Å². The number of alkyl halides is 1. The number of hydrogen-bond donors (Lipinski definition) is 0. The second kappa shape index (κ2) is 19.4. The van der Waals surface area contributed by atoms with E-state index in [0.29, 0.717) is 0 Å². The lowest BCUT2D eigenvalue weighted by molar-refractivity contribution is -0.401. The van der Waals surface area contributed by atoms with Crippen molar-refractivity contribution >= 4 is 50.2 Å². The third-order valence-corrected chi connectivity index (χ3v) is 11.2. The van der Waals surface area contributed by atoms with E-state index in [1.54, 1.807) is 0 Å². The van der Waals surface area contributed by atoms with Crippen molar-refractivity contribution in [2.45, 2.75) is 111 Å². The van der Waals surface area contributed by atoms with E-state index in [1.807, 2.05) is 33.8 Å². The lowest BCUT2D eigenvalue weighted by Gasteiger charge is -2.27. The molecule has 0 amide bonds. The van der Waals surface area contributed by atoms with Gasteiger partial charge in [0.1, 0.15) is 7.05 Å². The Morgan fingerprint density at radius 3 is 2.02 bits per heavy atom. The summed E-state index contributed by atoms with van der Waals surface area (Å²) in [5.41, 5.74) is 11.1. The molecule has 0 saturated carbocycles. The number of hydrogen-bond acceptors (Lipinski definition) is 1. The molecule has 2 aliphatic heterocycles. The molecule has 286 valence electrons. The Morgan fingerprint density at radius 1 is 0.722 bits per heavy atom. The summed E-state index contributed by atoms with van der Waals surface area (Å²) in [4.78, 5) is 2.62. The monoisotopic (exact) mass is 741 g/mol. The van der Waals surface area contributed by atoms with Crippen LogP contribution in [0.1, 0.15) is 111 Å². The van der Waals surface area contributed by atoms with Gasteiger partial charge in [-0.25, -0.2) is 0 Å². The topological polar surface area (TPSA) is 6.25 Å². The molecular weight excluding hydrogens is 676 g/mol. The van der Waals surface area contributed by atoms with Crippen LogP contribution in [-0.4, -0.2) is 30.3 Å². The van der Waals surface area contributed by atoms with Crippen LogP contribution in [0.4, 0.5) is 11.4 Å². The summed E-state index contributed by atoms with van der Waals surface area (Å²) < 4.78 is 2.40. The van der Waals surface area contributed by atoms with Crippen LogP contribution in [0.25, 0.3) is 21.5 Å². The number of allylic oxidation sites excluding steroid dienone is 9. The molecule has 0 N–H and O–H groups in total. The first kappa shape index (κ1) is 42.6. The number of anilines is 1. The Morgan fingerprint density at radius 2 is 1.35 bits per heavy atom. The van der Waals surface area contributed by atoms with Gasteiger partial charge in [0.05, 0.1) is 5.41 Å². The van der Waals surface area contributed by atoms with Gasteiger partial charge < -0.3 is 4.90 Å². The maximum absolute atomic E-state index is 4.64. The number of benzene rings is 4. The highest BCUT2D eigenvalue weighted by molar-refractivity contribution is 6.15. The van der Waals surface area contributed by atoms with Gasteiger partial charge in [-0.2, -0.15) is 4.58 Å². The molecule has 0 bridgehead atoms. The molecule has 1 aliphatic carbocycles. The van der Waals surface area contributed by atoms with Crippen LogP contribution < -0.4 is 4.90 Å². The molecule has 0 fully saturated rings. The molecule has 0 spiro atoms.